The van der Waals surface area contributed by atoms with Gasteiger partial charge < -0.3 is 9.38 Å². The summed E-state index contributed by atoms with van der Waals surface area (Å²) in [6.07, 6.45) is 9.11. The second-order valence-corrected chi connectivity index (χ2v) is 5.60. The van der Waals surface area contributed by atoms with E-state index in [1.54, 1.807) is 12.4 Å². The van der Waals surface area contributed by atoms with Crippen molar-refractivity contribution in [1.29, 1.82) is 0 Å². The Bertz CT molecular complexity index is 924. The fourth-order valence-electron chi connectivity index (χ4n) is 2.22. The molecule has 0 aromatic carbocycles. The van der Waals surface area contributed by atoms with Crippen molar-refractivity contribution in [2.45, 2.75) is 0 Å². The standard InChI is InChI=1S/C15H11N5OS/c21-14(19-15-17-5-6-22-15)12-9-20-8-11(1-2-13(20)18-12)10-3-4-16-7-10/h1-9,16H,(H,17,19,21). The molecule has 2 N–H and O–H groups in total. The molecule has 1 amide bonds. The minimum Gasteiger partial charge on any atom is -0.367 e. The molecular formula is C15H11N5OS. The summed E-state index contributed by atoms with van der Waals surface area (Å²) < 4.78 is 1.85. The summed E-state index contributed by atoms with van der Waals surface area (Å²) in [7, 11) is 0. The van der Waals surface area contributed by atoms with Crippen LogP contribution in [0.3, 0.4) is 0 Å². The van der Waals surface area contributed by atoms with Crippen LogP contribution >= 0.6 is 11.3 Å². The van der Waals surface area contributed by atoms with Crippen LogP contribution in [0.15, 0.2) is 54.6 Å². The molecule has 108 valence electrons. The van der Waals surface area contributed by atoms with Crippen molar-refractivity contribution in [3.05, 3.63) is 60.3 Å². The van der Waals surface area contributed by atoms with Crippen LogP contribution in [0.1, 0.15) is 10.5 Å². The minimum atomic E-state index is -0.262. The summed E-state index contributed by atoms with van der Waals surface area (Å²) in [5.41, 5.74) is 3.23. The lowest BCUT2D eigenvalue weighted by atomic mass is 10.1. The molecule has 0 radical (unpaired) electrons. The Balaban J connectivity index is 1.67. The van der Waals surface area contributed by atoms with Gasteiger partial charge in [-0.1, -0.05) is 0 Å². The number of rotatable bonds is 3. The normalized spacial score (nSPS) is 10.9. The number of carbonyl (C=O) groups excluding carboxylic acids is 1. The first-order valence-corrected chi connectivity index (χ1v) is 7.50. The zero-order valence-electron chi connectivity index (χ0n) is 11.4. The van der Waals surface area contributed by atoms with Crippen LogP contribution in [-0.2, 0) is 0 Å². The number of pyridine rings is 1. The molecule has 0 spiro atoms. The monoisotopic (exact) mass is 309 g/mol. The van der Waals surface area contributed by atoms with Crippen LogP contribution < -0.4 is 5.32 Å². The summed E-state index contributed by atoms with van der Waals surface area (Å²) in [5.74, 6) is -0.262. The summed E-state index contributed by atoms with van der Waals surface area (Å²) in [4.78, 5) is 23.6. The van der Waals surface area contributed by atoms with Crippen molar-refractivity contribution in [1.82, 2.24) is 19.4 Å². The molecule has 0 bridgehead atoms. The fraction of sp³-hybridized carbons (Fsp3) is 0. The molecule has 0 aliphatic rings. The van der Waals surface area contributed by atoms with E-state index in [2.05, 4.69) is 20.3 Å². The van der Waals surface area contributed by atoms with E-state index in [1.807, 2.05) is 46.6 Å². The molecule has 4 rings (SSSR count). The van der Waals surface area contributed by atoms with Gasteiger partial charge >= 0.3 is 0 Å². The highest BCUT2D eigenvalue weighted by Crippen LogP contribution is 2.20. The molecule has 0 atom stereocenters. The molecule has 4 heterocycles. The van der Waals surface area contributed by atoms with Crippen LogP contribution in [0.4, 0.5) is 5.13 Å². The van der Waals surface area contributed by atoms with Gasteiger partial charge in [0.05, 0.1) is 0 Å². The summed E-state index contributed by atoms with van der Waals surface area (Å²) in [6.45, 7) is 0. The van der Waals surface area contributed by atoms with Gasteiger partial charge in [0, 0.05) is 41.9 Å². The quantitative estimate of drug-likeness (QED) is 0.611. The van der Waals surface area contributed by atoms with Gasteiger partial charge in [0.15, 0.2) is 5.13 Å². The average molecular weight is 309 g/mol. The van der Waals surface area contributed by atoms with Crippen molar-refractivity contribution >= 4 is 28.0 Å². The number of imidazole rings is 1. The van der Waals surface area contributed by atoms with E-state index in [1.165, 1.54) is 11.3 Å². The van der Waals surface area contributed by atoms with E-state index in [9.17, 15) is 4.79 Å². The van der Waals surface area contributed by atoms with Crippen LogP contribution in [0.25, 0.3) is 16.8 Å². The van der Waals surface area contributed by atoms with Crippen molar-refractivity contribution in [2.75, 3.05) is 5.32 Å². The molecular weight excluding hydrogens is 298 g/mol. The second-order valence-electron chi connectivity index (χ2n) is 4.70. The van der Waals surface area contributed by atoms with Crippen LogP contribution in [0.2, 0.25) is 0 Å². The maximum Gasteiger partial charge on any atom is 0.277 e. The highest BCUT2D eigenvalue weighted by Gasteiger charge is 2.12. The molecule has 0 saturated heterocycles. The molecule has 22 heavy (non-hydrogen) atoms. The van der Waals surface area contributed by atoms with E-state index in [-0.39, 0.29) is 5.91 Å². The van der Waals surface area contributed by atoms with E-state index in [0.29, 0.717) is 10.8 Å². The van der Waals surface area contributed by atoms with Crippen molar-refractivity contribution in [3.63, 3.8) is 0 Å². The van der Waals surface area contributed by atoms with Gasteiger partial charge in [-0.3, -0.25) is 10.1 Å². The smallest absolute Gasteiger partial charge is 0.277 e. The van der Waals surface area contributed by atoms with Crippen LogP contribution in [0, 0.1) is 0 Å². The number of amides is 1. The first kappa shape index (κ1) is 12.8. The van der Waals surface area contributed by atoms with E-state index < -0.39 is 0 Å². The van der Waals surface area contributed by atoms with Crippen LogP contribution in [0.5, 0.6) is 0 Å². The number of thiazole rings is 1. The number of nitrogens with zero attached hydrogens (tertiary/aromatic N) is 3. The lowest BCUT2D eigenvalue weighted by Gasteiger charge is -1.98. The van der Waals surface area contributed by atoms with E-state index in [4.69, 9.17) is 0 Å². The number of H-pyrrole nitrogens is 1. The molecule has 0 fully saturated rings. The number of aromatic amines is 1. The molecule has 6 nitrogen and oxygen atoms in total. The maximum atomic E-state index is 12.2. The van der Waals surface area contributed by atoms with E-state index in [0.717, 1.165) is 16.8 Å². The summed E-state index contributed by atoms with van der Waals surface area (Å²) >= 11 is 1.37. The van der Waals surface area contributed by atoms with Gasteiger partial charge in [-0.25, -0.2) is 9.97 Å². The molecule has 0 saturated carbocycles. The Labute approximate surface area is 129 Å². The third-order valence-corrected chi connectivity index (χ3v) is 3.96. The molecule has 0 unspecified atom stereocenters. The first-order chi connectivity index (χ1) is 10.8. The van der Waals surface area contributed by atoms with Gasteiger partial charge in [-0.15, -0.1) is 11.3 Å². The number of fused-ring (bicyclic) bond motifs is 1. The highest BCUT2D eigenvalue weighted by molar-refractivity contribution is 7.13. The topological polar surface area (TPSA) is 75.1 Å². The Morgan fingerprint density at radius 1 is 1.23 bits per heavy atom. The predicted octanol–water partition coefficient (Wildman–Crippen LogP) is 3.04. The van der Waals surface area contributed by atoms with Gasteiger partial charge in [0.2, 0.25) is 0 Å². The molecule has 0 aliphatic heterocycles. The number of aromatic nitrogens is 4. The number of hydrogen-bond acceptors (Lipinski definition) is 4. The summed E-state index contributed by atoms with van der Waals surface area (Å²) in [6, 6.07) is 5.87. The number of carbonyl (C=O) groups is 1. The summed E-state index contributed by atoms with van der Waals surface area (Å²) in [5, 5.41) is 5.10. The van der Waals surface area contributed by atoms with Gasteiger partial charge in [0.25, 0.3) is 5.91 Å². The van der Waals surface area contributed by atoms with E-state index >= 15 is 0 Å². The zero-order chi connectivity index (χ0) is 14.9. The third-order valence-electron chi connectivity index (χ3n) is 3.27. The molecule has 7 heteroatoms. The van der Waals surface area contributed by atoms with Crippen molar-refractivity contribution < 1.29 is 4.79 Å². The average Bonchev–Trinajstić information content (AvgIpc) is 3.27. The van der Waals surface area contributed by atoms with Crippen molar-refractivity contribution in [3.8, 4) is 11.1 Å². The van der Waals surface area contributed by atoms with Crippen molar-refractivity contribution in [2.24, 2.45) is 0 Å². The highest BCUT2D eigenvalue weighted by atomic mass is 32.1. The maximum absolute atomic E-state index is 12.2. The fourth-order valence-corrected chi connectivity index (χ4v) is 2.75. The predicted molar refractivity (Wildman–Crippen MR) is 85.0 cm³/mol. The Kier molecular flexibility index (Phi) is 2.97. The molecule has 4 aromatic rings. The zero-order valence-corrected chi connectivity index (χ0v) is 12.2. The van der Waals surface area contributed by atoms with Gasteiger partial charge in [-0.05, 0) is 23.8 Å². The Hall–Kier alpha value is -2.93. The Morgan fingerprint density at radius 2 is 2.18 bits per heavy atom. The third kappa shape index (κ3) is 2.27. The number of nitrogens with one attached hydrogen (secondary N) is 2. The van der Waals surface area contributed by atoms with Crippen LogP contribution in [-0.4, -0.2) is 25.3 Å². The number of hydrogen-bond donors (Lipinski definition) is 2. The molecule has 4 aromatic heterocycles. The SMILES string of the molecule is O=C(Nc1nccs1)c1cn2cc(-c3cc[nH]c3)ccc2n1. The number of anilines is 1. The minimum absolute atomic E-state index is 0.262. The van der Waals surface area contributed by atoms with Gasteiger partial charge in [-0.2, -0.15) is 0 Å². The second kappa shape index (κ2) is 5.12. The first-order valence-electron chi connectivity index (χ1n) is 6.62. The van der Waals surface area contributed by atoms with Gasteiger partial charge in [0.1, 0.15) is 11.3 Å². The molecule has 0 aliphatic carbocycles. The lowest BCUT2D eigenvalue weighted by molar-refractivity contribution is 0.102. The lowest BCUT2D eigenvalue weighted by Crippen LogP contribution is -2.11. The largest absolute Gasteiger partial charge is 0.367 e. The Morgan fingerprint density at radius 3 is 2.95 bits per heavy atom.